The zero-order valence-electron chi connectivity index (χ0n) is 8.89. The average molecular weight is 200 g/mol. The quantitative estimate of drug-likeness (QED) is 0.734. The fraction of sp³-hybridized carbons (Fsp3) is 0.538. The van der Waals surface area contributed by atoms with E-state index in [1.54, 1.807) is 0 Å². The van der Waals surface area contributed by atoms with Gasteiger partial charge in [-0.25, -0.2) is 0 Å². The minimum absolute atomic E-state index is 0.549. The summed E-state index contributed by atoms with van der Waals surface area (Å²) in [5, 5.41) is 8.82. The molecule has 0 saturated heterocycles. The molecule has 0 bridgehead atoms. The summed E-state index contributed by atoms with van der Waals surface area (Å²) in [5.41, 5.74) is 1.32. The van der Waals surface area contributed by atoms with Crippen molar-refractivity contribution in [1.29, 1.82) is 5.26 Å². The zero-order chi connectivity index (χ0) is 10.5. The van der Waals surface area contributed by atoms with Crippen LogP contribution in [0.1, 0.15) is 43.6 Å². The Labute approximate surface area is 91.0 Å². The van der Waals surface area contributed by atoms with Crippen LogP contribution in [0.4, 0.5) is 0 Å². The predicted molar refractivity (Wildman–Crippen MR) is 59.2 cm³/mol. The molecule has 15 heavy (non-hydrogen) atoms. The smallest absolute Gasteiger partial charge is 0.0624 e. The second kappa shape index (κ2) is 4.93. The van der Waals surface area contributed by atoms with Gasteiger partial charge in [-0.1, -0.05) is 18.9 Å². The fourth-order valence-electron chi connectivity index (χ4n) is 2.60. The van der Waals surface area contributed by atoms with Crippen molar-refractivity contribution in [1.82, 2.24) is 4.98 Å². The van der Waals surface area contributed by atoms with E-state index >= 15 is 0 Å². The lowest BCUT2D eigenvalue weighted by atomic mass is 9.75. The molecule has 1 fully saturated rings. The molecule has 2 atom stereocenters. The van der Waals surface area contributed by atoms with Gasteiger partial charge in [0.25, 0.3) is 0 Å². The first-order valence-electron chi connectivity index (χ1n) is 5.68. The lowest BCUT2D eigenvalue weighted by Gasteiger charge is -2.30. The van der Waals surface area contributed by atoms with Crippen molar-refractivity contribution < 1.29 is 0 Å². The number of hydrogen-bond acceptors (Lipinski definition) is 2. The Morgan fingerprint density at radius 3 is 3.00 bits per heavy atom. The van der Waals surface area contributed by atoms with Gasteiger partial charge in [-0.3, -0.25) is 4.98 Å². The maximum atomic E-state index is 8.82. The van der Waals surface area contributed by atoms with E-state index in [0.29, 0.717) is 18.3 Å². The average Bonchev–Trinajstić information content (AvgIpc) is 2.31. The van der Waals surface area contributed by atoms with Gasteiger partial charge in [-0.15, -0.1) is 0 Å². The molecule has 0 aliphatic heterocycles. The highest BCUT2D eigenvalue weighted by Crippen LogP contribution is 2.38. The van der Waals surface area contributed by atoms with Crippen LogP contribution in [0.2, 0.25) is 0 Å². The predicted octanol–water partition coefficient (Wildman–Crippen LogP) is 3.27. The summed E-state index contributed by atoms with van der Waals surface area (Å²) in [6, 6.07) is 6.46. The Morgan fingerprint density at radius 2 is 2.27 bits per heavy atom. The molecule has 78 valence electrons. The van der Waals surface area contributed by atoms with Gasteiger partial charge in [0, 0.05) is 18.8 Å². The Hall–Kier alpha value is -1.36. The molecule has 0 aromatic carbocycles. The number of nitrogens with zero attached hydrogens (tertiary/aromatic N) is 2. The van der Waals surface area contributed by atoms with E-state index in [1.165, 1.54) is 31.2 Å². The van der Waals surface area contributed by atoms with Gasteiger partial charge in [0.1, 0.15) is 0 Å². The van der Waals surface area contributed by atoms with Crippen LogP contribution in [0.25, 0.3) is 0 Å². The van der Waals surface area contributed by atoms with E-state index in [4.69, 9.17) is 5.26 Å². The van der Waals surface area contributed by atoms with E-state index in [9.17, 15) is 0 Å². The van der Waals surface area contributed by atoms with Gasteiger partial charge < -0.3 is 0 Å². The normalized spacial score (nSPS) is 25.8. The number of pyridine rings is 1. The summed E-state index contributed by atoms with van der Waals surface area (Å²) in [7, 11) is 0. The van der Waals surface area contributed by atoms with Crippen molar-refractivity contribution in [2.45, 2.75) is 38.0 Å². The summed E-state index contributed by atoms with van der Waals surface area (Å²) in [6.45, 7) is 0. The van der Waals surface area contributed by atoms with Gasteiger partial charge >= 0.3 is 0 Å². The second-order valence-electron chi connectivity index (χ2n) is 4.30. The largest absolute Gasteiger partial charge is 0.264 e. The molecule has 2 rings (SSSR count). The maximum Gasteiger partial charge on any atom is 0.0624 e. The number of rotatable bonds is 2. The van der Waals surface area contributed by atoms with Crippen molar-refractivity contribution in [2.75, 3.05) is 0 Å². The van der Waals surface area contributed by atoms with Gasteiger partial charge in [0.05, 0.1) is 6.07 Å². The van der Waals surface area contributed by atoms with E-state index in [1.807, 2.05) is 18.5 Å². The third-order valence-corrected chi connectivity index (χ3v) is 3.38. The molecule has 0 N–H and O–H groups in total. The van der Waals surface area contributed by atoms with Crippen LogP contribution >= 0.6 is 0 Å². The molecule has 0 spiro atoms. The first-order valence-corrected chi connectivity index (χ1v) is 5.68. The molecule has 2 unspecified atom stereocenters. The van der Waals surface area contributed by atoms with E-state index in [0.717, 1.165) is 0 Å². The Balaban J connectivity index is 2.15. The fourth-order valence-corrected chi connectivity index (χ4v) is 2.60. The molecule has 1 aliphatic carbocycles. The van der Waals surface area contributed by atoms with Crippen LogP contribution in [0.5, 0.6) is 0 Å². The Bertz CT molecular complexity index is 339. The highest BCUT2D eigenvalue weighted by Gasteiger charge is 2.26. The lowest BCUT2D eigenvalue weighted by molar-refractivity contribution is 0.311. The Morgan fingerprint density at radius 1 is 1.40 bits per heavy atom. The zero-order valence-corrected chi connectivity index (χ0v) is 8.89. The van der Waals surface area contributed by atoms with Gasteiger partial charge in [0.2, 0.25) is 0 Å². The van der Waals surface area contributed by atoms with Gasteiger partial charge in [-0.05, 0) is 36.3 Å². The van der Waals surface area contributed by atoms with Crippen molar-refractivity contribution >= 4 is 0 Å². The van der Waals surface area contributed by atoms with Crippen LogP contribution in [0.3, 0.4) is 0 Å². The van der Waals surface area contributed by atoms with Crippen LogP contribution in [-0.2, 0) is 0 Å². The molecule has 1 aromatic rings. The minimum Gasteiger partial charge on any atom is -0.264 e. The molecule has 2 nitrogen and oxygen atoms in total. The molecule has 1 heterocycles. The van der Waals surface area contributed by atoms with E-state index in [-0.39, 0.29) is 0 Å². The molecule has 2 heteroatoms. The minimum atomic E-state index is 0.549. The van der Waals surface area contributed by atoms with Crippen LogP contribution in [0.15, 0.2) is 24.5 Å². The van der Waals surface area contributed by atoms with Crippen molar-refractivity contribution in [2.24, 2.45) is 5.92 Å². The molecular formula is C13H16N2. The maximum absolute atomic E-state index is 8.82. The highest BCUT2D eigenvalue weighted by atomic mass is 14.6. The van der Waals surface area contributed by atoms with Crippen LogP contribution in [0, 0.1) is 17.2 Å². The first-order chi connectivity index (χ1) is 7.42. The SMILES string of the molecule is N#CCC1CCCCC1c1cccnc1. The third-order valence-electron chi connectivity index (χ3n) is 3.38. The van der Waals surface area contributed by atoms with Crippen LogP contribution < -0.4 is 0 Å². The topological polar surface area (TPSA) is 36.7 Å². The molecule has 0 radical (unpaired) electrons. The summed E-state index contributed by atoms with van der Waals surface area (Å²) in [5.74, 6) is 1.11. The summed E-state index contributed by atoms with van der Waals surface area (Å²) < 4.78 is 0. The standard InChI is InChI=1S/C13H16N2/c14-8-7-11-4-1-2-6-13(11)12-5-3-9-15-10-12/h3,5,9-11,13H,1-2,4,6-7H2. The molecular weight excluding hydrogens is 184 g/mol. The number of hydrogen-bond donors (Lipinski definition) is 0. The summed E-state index contributed by atoms with van der Waals surface area (Å²) in [4.78, 5) is 4.17. The third kappa shape index (κ3) is 2.36. The van der Waals surface area contributed by atoms with Crippen LogP contribution in [-0.4, -0.2) is 4.98 Å². The molecule has 1 aliphatic rings. The molecule has 0 amide bonds. The first kappa shape index (κ1) is 10.2. The highest BCUT2D eigenvalue weighted by molar-refractivity contribution is 5.17. The van der Waals surface area contributed by atoms with E-state index in [2.05, 4.69) is 17.1 Å². The summed E-state index contributed by atoms with van der Waals surface area (Å²) >= 11 is 0. The van der Waals surface area contributed by atoms with Gasteiger partial charge in [0.15, 0.2) is 0 Å². The van der Waals surface area contributed by atoms with Crippen molar-refractivity contribution in [3.63, 3.8) is 0 Å². The second-order valence-corrected chi connectivity index (χ2v) is 4.30. The van der Waals surface area contributed by atoms with Gasteiger partial charge in [-0.2, -0.15) is 5.26 Å². The lowest BCUT2D eigenvalue weighted by Crippen LogP contribution is -2.17. The number of nitriles is 1. The molecule has 1 aromatic heterocycles. The van der Waals surface area contributed by atoms with Crippen molar-refractivity contribution in [3.8, 4) is 6.07 Å². The summed E-state index contributed by atoms with van der Waals surface area (Å²) in [6.07, 6.45) is 9.46. The monoisotopic (exact) mass is 200 g/mol. The number of aromatic nitrogens is 1. The van der Waals surface area contributed by atoms with Crippen molar-refractivity contribution in [3.05, 3.63) is 30.1 Å². The Kier molecular flexibility index (Phi) is 3.34. The molecule has 1 saturated carbocycles. The van der Waals surface area contributed by atoms with E-state index < -0.39 is 0 Å².